The lowest BCUT2D eigenvalue weighted by Crippen LogP contribution is -2.58. The van der Waals surface area contributed by atoms with Gasteiger partial charge >= 0.3 is 5.97 Å². The third kappa shape index (κ3) is 3.43. The van der Waals surface area contributed by atoms with Crippen LogP contribution in [0.1, 0.15) is 40.5 Å². The topological polar surface area (TPSA) is 78.4 Å². The second-order valence-corrected chi connectivity index (χ2v) is 5.76. The molecule has 0 bridgehead atoms. The Labute approximate surface area is 102 Å². The van der Waals surface area contributed by atoms with E-state index in [4.69, 9.17) is 5.11 Å². The number of nitrogens with one attached hydrogen (secondary N) is 2. The molecule has 1 rings (SSSR count). The van der Waals surface area contributed by atoms with Gasteiger partial charge in [-0.3, -0.25) is 9.59 Å². The van der Waals surface area contributed by atoms with E-state index in [1.54, 1.807) is 27.7 Å². The van der Waals surface area contributed by atoms with Crippen LogP contribution >= 0.6 is 0 Å². The maximum Gasteiger partial charge on any atom is 0.311 e. The van der Waals surface area contributed by atoms with Crippen molar-refractivity contribution in [2.45, 2.75) is 52.1 Å². The van der Waals surface area contributed by atoms with Crippen LogP contribution in [0.2, 0.25) is 0 Å². The van der Waals surface area contributed by atoms with Gasteiger partial charge in [-0.2, -0.15) is 0 Å². The lowest BCUT2D eigenvalue weighted by Gasteiger charge is -2.38. The molecule has 0 atom stereocenters. The molecule has 98 valence electrons. The molecule has 3 N–H and O–H groups in total. The van der Waals surface area contributed by atoms with Gasteiger partial charge in [-0.05, 0) is 40.5 Å². The van der Waals surface area contributed by atoms with E-state index in [0.717, 1.165) is 12.8 Å². The van der Waals surface area contributed by atoms with Crippen LogP contribution in [0.3, 0.4) is 0 Å². The number of carboxylic acid groups (broad SMARTS) is 1. The SMILES string of the molecule is CC(C)(NC(=O)CNC1CC1)C(C)(C)C(=O)O. The highest BCUT2D eigenvalue weighted by Crippen LogP contribution is 2.30. The van der Waals surface area contributed by atoms with E-state index < -0.39 is 16.9 Å². The van der Waals surface area contributed by atoms with Crippen LogP contribution < -0.4 is 10.6 Å². The summed E-state index contributed by atoms with van der Waals surface area (Å²) in [4.78, 5) is 22.9. The summed E-state index contributed by atoms with van der Waals surface area (Å²) < 4.78 is 0. The lowest BCUT2D eigenvalue weighted by atomic mass is 9.74. The zero-order chi connectivity index (χ0) is 13.3. The maximum atomic E-state index is 11.7. The molecule has 0 spiro atoms. The largest absolute Gasteiger partial charge is 0.481 e. The van der Waals surface area contributed by atoms with Crippen molar-refractivity contribution in [2.24, 2.45) is 5.41 Å². The average Bonchev–Trinajstić information content (AvgIpc) is 2.96. The van der Waals surface area contributed by atoms with Gasteiger partial charge in [0.2, 0.25) is 5.91 Å². The Hall–Kier alpha value is -1.10. The number of hydrogen-bond acceptors (Lipinski definition) is 3. The third-order valence-electron chi connectivity index (χ3n) is 3.68. The van der Waals surface area contributed by atoms with E-state index in [1.807, 2.05) is 0 Å². The molecule has 5 heteroatoms. The first kappa shape index (κ1) is 14.0. The third-order valence-corrected chi connectivity index (χ3v) is 3.68. The number of carbonyl (C=O) groups is 2. The molecule has 17 heavy (non-hydrogen) atoms. The Morgan fingerprint density at radius 1 is 1.24 bits per heavy atom. The predicted molar refractivity (Wildman–Crippen MR) is 64.7 cm³/mol. The molecular formula is C12H22N2O3. The van der Waals surface area contributed by atoms with E-state index in [2.05, 4.69) is 10.6 Å². The van der Waals surface area contributed by atoms with Crippen LogP contribution in [0.15, 0.2) is 0 Å². The first-order valence-electron chi connectivity index (χ1n) is 5.94. The molecule has 0 unspecified atom stereocenters. The van der Waals surface area contributed by atoms with Gasteiger partial charge in [-0.1, -0.05) is 0 Å². The molecule has 0 aromatic heterocycles. The molecule has 0 aromatic rings. The van der Waals surface area contributed by atoms with Gasteiger partial charge in [0.25, 0.3) is 0 Å². The van der Waals surface area contributed by atoms with Gasteiger partial charge in [-0.25, -0.2) is 0 Å². The Morgan fingerprint density at radius 3 is 2.18 bits per heavy atom. The summed E-state index contributed by atoms with van der Waals surface area (Å²) in [6.45, 7) is 6.95. The summed E-state index contributed by atoms with van der Waals surface area (Å²) in [5.74, 6) is -1.07. The van der Waals surface area contributed by atoms with Gasteiger partial charge in [0.1, 0.15) is 0 Å². The summed E-state index contributed by atoms with van der Waals surface area (Å²) in [6.07, 6.45) is 2.24. The molecule has 0 radical (unpaired) electrons. The molecule has 0 aliphatic heterocycles. The second-order valence-electron chi connectivity index (χ2n) is 5.76. The first-order chi connectivity index (χ1) is 7.67. The molecule has 5 nitrogen and oxygen atoms in total. The van der Waals surface area contributed by atoms with Gasteiger partial charge in [0, 0.05) is 6.04 Å². The van der Waals surface area contributed by atoms with Crippen molar-refractivity contribution in [3.63, 3.8) is 0 Å². The zero-order valence-electron chi connectivity index (χ0n) is 11.0. The minimum absolute atomic E-state index is 0.156. The fraction of sp³-hybridized carbons (Fsp3) is 0.833. The molecular weight excluding hydrogens is 220 g/mol. The van der Waals surface area contributed by atoms with Crippen LogP contribution in [0.5, 0.6) is 0 Å². The van der Waals surface area contributed by atoms with Gasteiger partial charge in [0.15, 0.2) is 0 Å². The minimum atomic E-state index is -1.01. The molecule has 1 fully saturated rings. The van der Waals surface area contributed by atoms with Crippen molar-refractivity contribution >= 4 is 11.9 Å². The monoisotopic (exact) mass is 242 g/mol. The zero-order valence-corrected chi connectivity index (χ0v) is 11.0. The Morgan fingerprint density at radius 2 is 1.76 bits per heavy atom. The predicted octanol–water partition coefficient (Wildman–Crippen LogP) is 0.744. The smallest absolute Gasteiger partial charge is 0.311 e. The molecule has 1 aliphatic rings. The van der Waals surface area contributed by atoms with Crippen LogP contribution in [-0.4, -0.2) is 35.1 Å². The lowest BCUT2D eigenvalue weighted by molar-refractivity contribution is -0.151. The van der Waals surface area contributed by atoms with Crippen molar-refractivity contribution in [3.8, 4) is 0 Å². The minimum Gasteiger partial charge on any atom is -0.481 e. The number of rotatable bonds is 6. The standard InChI is InChI=1S/C12H22N2O3/c1-11(2,10(16)17)12(3,4)14-9(15)7-13-8-5-6-8/h8,13H,5-7H2,1-4H3,(H,14,15)(H,16,17). The maximum absolute atomic E-state index is 11.7. The number of hydrogen-bond donors (Lipinski definition) is 3. The van der Waals surface area contributed by atoms with Crippen molar-refractivity contribution in [1.29, 1.82) is 0 Å². The molecule has 0 heterocycles. The molecule has 1 aliphatic carbocycles. The van der Waals surface area contributed by atoms with E-state index >= 15 is 0 Å². The Kier molecular flexibility index (Phi) is 3.81. The van der Waals surface area contributed by atoms with Crippen molar-refractivity contribution < 1.29 is 14.7 Å². The number of carboxylic acids is 1. The summed E-state index contributed by atoms with van der Waals surface area (Å²) in [7, 11) is 0. The highest BCUT2D eigenvalue weighted by Gasteiger charge is 2.44. The highest BCUT2D eigenvalue weighted by molar-refractivity contribution is 5.81. The van der Waals surface area contributed by atoms with E-state index in [0.29, 0.717) is 6.04 Å². The van der Waals surface area contributed by atoms with Gasteiger partial charge < -0.3 is 15.7 Å². The summed E-state index contributed by atoms with van der Waals surface area (Å²) in [6, 6.07) is 0.469. The van der Waals surface area contributed by atoms with Crippen molar-refractivity contribution in [3.05, 3.63) is 0 Å². The molecule has 1 saturated carbocycles. The van der Waals surface area contributed by atoms with Crippen molar-refractivity contribution in [1.82, 2.24) is 10.6 Å². The first-order valence-corrected chi connectivity index (χ1v) is 5.94. The van der Waals surface area contributed by atoms with Crippen molar-refractivity contribution in [2.75, 3.05) is 6.54 Å². The summed E-state index contributed by atoms with van der Waals surface area (Å²) in [5.41, 5.74) is -1.80. The molecule has 1 amide bonds. The quantitative estimate of drug-likeness (QED) is 0.642. The second kappa shape index (κ2) is 4.64. The Bertz CT molecular complexity index is 320. The fourth-order valence-electron chi connectivity index (χ4n) is 1.34. The summed E-state index contributed by atoms with van der Waals surface area (Å²) >= 11 is 0. The van der Waals surface area contributed by atoms with Gasteiger partial charge in [0.05, 0.1) is 17.5 Å². The Balaban J connectivity index is 2.51. The van der Waals surface area contributed by atoms with E-state index in [9.17, 15) is 9.59 Å². The average molecular weight is 242 g/mol. The van der Waals surface area contributed by atoms with E-state index in [-0.39, 0.29) is 12.5 Å². The van der Waals surface area contributed by atoms with Crippen LogP contribution in [0, 0.1) is 5.41 Å². The van der Waals surface area contributed by atoms with Gasteiger partial charge in [-0.15, -0.1) is 0 Å². The molecule has 0 saturated heterocycles. The highest BCUT2D eigenvalue weighted by atomic mass is 16.4. The van der Waals surface area contributed by atoms with Crippen LogP contribution in [0.4, 0.5) is 0 Å². The number of amides is 1. The van der Waals surface area contributed by atoms with E-state index in [1.165, 1.54) is 0 Å². The van der Waals surface area contributed by atoms with Crippen LogP contribution in [-0.2, 0) is 9.59 Å². The molecule has 0 aromatic carbocycles. The normalized spacial score (nSPS) is 16.7. The number of carbonyl (C=O) groups excluding carboxylic acids is 1. The summed E-state index contributed by atoms with van der Waals surface area (Å²) in [5, 5.41) is 15.0. The fourth-order valence-corrected chi connectivity index (χ4v) is 1.34. The number of aliphatic carboxylic acids is 1. The van der Waals surface area contributed by atoms with Crippen LogP contribution in [0.25, 0.3) is 0 Å².